The van der Waals surface area contributed by atoms with Crippen molar-refractivity contribution >= 4 is 12.2 Å². The fourth-order valence-corrected chi connectivity index (χ4v) is 1.27. The molecule has 2 aromatic rings. The Morgan fingerprint density at radius 2 is 2.00 bits per heavy atom. The molecule has 5 nitrogen and oxygen atoms in total. The van der Waals surface area contributed by atoms with Crippen molar-refractivity contribution in [2.45, 2.75) is 13.8 Å². The Morgan fingerprint density at radius 1 is 1.23 bits per heavy atom. The number of aryl methyl sites for hydroxylation is 2. The maximum atomic E-state index is 5.34. The number of oxazole rings is 1. The maximum Gasteiger partial charge on any atom is 0.213 e. The van der Waals surface area contributed by atoms with Crippen molar-refractivity contribution in [1.82, 2.24) is 20.2 Å². The third-order valence-corrected chi connectivity index (χ3v) is 1.81. The first kappa shape index (κ1) is 8.18. The molecule has 0 unspecified atom stereocenters. The van der Waals surface area contributed by atoms with E-state index in [4.69, 9.17) is 16.6 Å². The van der Waals surface area contributed by atoms with Crippen LogP contribution < -0.4 is 0 Å². The Morgan fingerprint density at radius 3 is 2.46 bits per heavy atom. The summed E-state index contributed by atoms with van der Waals surface area (Å²) in [5, 5.41) is 5.50. The minimum absolute atomic E-state index is 0.406. The summed E-state index contributed by atoms with van der Waals surface area (Å²) in [6.45, 7) is 3.65. The van der Waals surface area contributed by atoms with E-state index in [-0.39, 0.29) is 0 Å². The largest absolute Gasteiger partial charge is 0.437 e. The number of hydrogen-bond donors (Lipinski definition) is 2. The zero-order chi connectivity index (χ0) is 9.42. The molecule has 0 bridgehead atoms. The minimum atomic E-state index is 0.406. The van der Waals surface area contributed by atoms with Gasteiger partial charge in [-0.2, -0.15) is 4.98 Å². The highest BCUT2D eigenvalue weighted by Gasteiger charge is 2.11. The fourth-order valence-electron chi connectivity index (χ4n) is 1.13. The van der Waals surface area contributed by atoms with E-state index in [1.165, 1.54) is 0 Å². The standard InChI is InChI=1S/C7H8N4OS/c1-3-5(12-4(2)8-3)6-9-7(13)11-10-6/h1-2H3,(H2,9,10,11,13). The van der Waals surface area contributed by atoms with Crippen LogP contribution in [0.3, 0.4) is 0 Å². The molecule has 0 saturated carbocycles. The average Bonchev–Trinajstić information content (AvgIpc) is 2.58. The van der Waals surface area contributed by atoms with Crippen molar-refractivity contribution in [3.63, 3.8) is 0 Å². The van der Waals surface area contributed by atoms with E-state index in [1.807, 2.05) is 6.92 Å². The molecule has 0 atom stereocenters. The molecule has 0 aliphatic heterocycles. The molecular weight excluding hydrogens is 188 g/mol. The molecule has 0 aromatic carbocycles. The van der Waals surface area contributed by atoms with Crippen LogP contribution >= 0.6 is 12.2 Å². The quantitative estimate of drug-likeness (QED) is 0.681. The Bertz CT molecular complexity index is 481. The van der Waals surface area contributed by atoms with Gasteiger partial charge in [-0.25, -0.2) is 4.98 Å². The van der Waals surface area contributed by atoms with Gasteiger partial charge in [-0.3, -0.25) is 10.2 Å². The molecule has 0 fully saturated rings. The first-order valence-electron chi connectivity index (χ1n) is 3.76. The van der Waals surface area contributed by atoms with Gasteiger partial charge in [0.25, 0.3) is 0 Å². The summed E-state index contributed by atoms with van der Waals surface area (Å²) in [5.41, 5.74) is 0.801. The van der Waals surface area contributed by atoms with E-state index in [0.717, 1.165) is 5.69 Å². The van der Waals surface area contributed by atoms with Crippen LogP contribution in [0.15, 0.2) is 4.42 Å². The lowest BCUT2D eigenvalue weighted by molar-refractivity contribution is 0.530. The van der Waals surface area contributed by atoms with E-state index >= 15 is 0 Å². The number of hydrogen-bond acceptors (Lipinski definition) is 4. The molecule has 0 amide bonds. The van der Waals surface area contributed by atoms with Gasteiger partial charge in [0.2, 0.25) is 4.77 Å². The summed E-state index contributed by atoms with van der Waals surface area (Å²) in [6, 6.07) is 0. The lowest BCUT2D eigenvalue weighted by Crippen LogP contribution is -1.80. The topological polar surface area (TPSA) is 70.5 Å². The molecule has 2 heterocycles. The zero-order valence-electron chi connectivity index (χ0n) is 7.21. The summed E-state index contributed by atoms with van der Waals surface area (Å²) >= 11 is 4.82. The molecule has 2 aromatic heterocycles. The van der Waals surface area contributed by atoms with Crippen LogP contribution in [0, 0.1) is 18.6 Å². The number of nitrogens with zero attached hydrogens (tertiary/aromatic N) is 2. The SMILES string of the molecule is Cc1nc(C)c(-c2nc(=S)[nH][nH]2)o1. The molecule has 0 aliphatic rings. The lowest BCUT2D eigenvalue weighted by Gasteiger charge is -1.87. The van der Waals surface area contributed by atoms with E-state index < -0.39 is 0 Å². The summed E-state index contributed by atoms with van der Waals surface area (Å²) in [6.07, 6.45) is 0. The van der Waals surface area contributed by atoms with Crippen LogP contribution in [0.1, 0.15) is 11.6 Å². The number of aromatic amines is 2. The van der Waals surface area contributed by atoms with Crippen LogP contribution in [-0.2, 0) is 0 Å². The van der Waals surface area contributed by atoms with E-state index in [0.29, 0.717) is 22.2 Å². The smallest absolute Gasteiger partial charge is 0.213 e. The normalized spacial score (nSPS) is 10.6. The monoisotopic (exact) mass is 196 g/mol. The van der Waals surface area contributed by atoms with Crippen molar-refractivity contribution in [3.05, 3.63) is 16.4 Å². The Labute approximate surface area is 79.2 Å². The van der Waals surface area contributed by atoms with Crippen molar-refractivity contribution in [1.29, 1.82) is 0 Å². The predicted octanol–water partition coefficient (Wildman–Crippen LogP) is 1.74. The van der Waals surface area contributed by atoms with Crippen molar-refractivity contribution in [3.8, 4) is 11.6 Å². The first-order chi connectivity index (χ1) is 6.16. The second-order valence-corrected chi connectivity index (χ2v) is 3.05. The second-order valence-electron chi connectivity index (χ2n) is 2.66. The van der Waals surface area contributed by atoms with Crippen molar-refractivity contribution in [2.24, 2.45) is 0 Å². The van der Waals surface area contributed by atoms with Gasteiger partial charge in [0.15, 0.2) is 17.5 Å². The molecule has 0 saturated heterocycles. The van der Waals surface area contributed by atoms with E-state index in [2.05, 4.69) is 20.2 Å². The van der Waals surface area contributed by atoms with E-state index in [9.17, 15) is 0 Å². The van der Waals surface area contributed by atoms with Gasteiger partial charge in [0.1, 0.15) is 0 Å². The molecule has 6 heteroatoms. The number of rotatable bonds is 1. The van der Waals surface area contributed by atoms with Gasteiger partial charge in [0, 0.05) is 6.92 Å². The third kappa shape index (κ3) is 1.40. The predicted molar refractivity (Wildman–Crippen MR) is 48.7 cm³/mol. The fraction of sp³-hybridized carbons (Fsp3) is 0.286. The first-order valence-corrected chi connectivity index (χ1v) is 4.17. The number of nitrogens with one attached hydrogen (secondary N) is 2. The molecule has 0 aliphatic carbocycles. The van der Waals surface area contributed by atoms with E-state index in [1.54, 1.807) is 6.92 Å². The van der Waals surface area contributed by atoms with Gasteiger partial charge in [0.05, 0.1) is 5.69 Å². The molecule has 2 N–H and O–H groups in total. The maximum absolute atomic E-state index is 5.34. The Hall–Kier alpha value is -1.43. The summed E-state index contributed by atoms with van der Waals surface area (Å²) in [4.78, 5) is 8.15. The molecule has 0 radical (unpaired) electrons. The highest BCUT2D eigenvalue weighted by atomic mass is 32.1. The number of H-pyrrole nitrogens is 2. The van der Waals surface area contributed by atoms with Crippen LogP contribution in [0.25, 0.3) is 11.6 Å². The second kappa shape index (κ2) is 2.81. The highest BCUT2D eigenvalue weighted by Crippen LogP contribution is 2.19. The molecular formula is C7H8N4OS. The Balaban J connectivity index is 2.57. The third-order valence-electron chi connectivity index (χ3n) is 1.62. The summed E-state index contributed by atoms with van der Waals surface area (Å²) in [7, 11) is 0. The van der Waals surface area contributed by atoms with Gasteiger partial charge < -0.3 is 4.42 Å². The van der Waals surface area contributed by atoms with Crippen LogP contribution in [0.4, 0.5) is 0 Å². The summed E-state index contributed by atoms with van der Waals surface area (Å²) in [5.74, 6) is 1.84. The van der Waals surface area contributed by atoms with Crippen molar-refractivity contribution < 1.29 is 4.42 Å². The highest BCUT2D eigenvalue weighted by molar-refractivity contribution is 7.71. The number of aromatic nitrogens is 4. The van der Waals surface area contributed by atoms with Gasteiger partial charge in [-0.05, 0) is 19.1 Å². The molecule has 0 spiro atoms. The minimum Gasteiger partial charge on any atom is -0.437 e. The van der Waals surface area contributed by atoms with Gasteiger partial charge in [-0.1, -0.05) is 0 Å². The molecule has 68 valence electrons. The van der Waals surface area contributed by atoms with Crippen LogP contribution in [-0.4, -0.2) is 20.2 Å². The zero-order valence-corrected chi connectivity index (χ0v) is 8.03. The lowest BCUT2D eigenvalue weighted by atomic mass is 10.3. The van der Waals surface area contributed by atoms with Crippen LogP contribution in [0.5, 0.6) is 0 Å². The van der Waals surface area contributed by atoms with Gasteiger partial charge in [-0.15, -0.1) is 0 Å². The molecule has 13 heavy (non-hydrogen) atoms. The van der Waals surface area contributed by atoms with Gasteiger partial charge >= 0.3 is 0 Å². The Kier molecular flexibility index (Phi) is 1.77. The van der Waals surface area contributed by atoms with Crippen molar-refractivity contribution in [2.75, 3.05) is 0 Å². The molecule has 2 rings (SSSR count). The van der Waals surface area contributed by atoms with Crippen LogP contribution in [0.2, 0.25) is 0 Å². The average molecular weight is 196 g/mol. The summed E-state index contributed by atoms with van der Waals surface area (Å²) < 4.78 is 5.75.